The van der Waals surface area contributed by atoms with Gasteiger partial charge < -0.3 is 9.52 Å². The van der Waals surface area contributed by atoms with E-state index in [0.717, 1.165) is 23.4 Å². The zero-order valence-corrected chi connectivity index (χ0v) is 16.0. The molecule has 0 aliphatic carbocycles. The molecular formula is C21H14ClFO4S. The number of hydrogen-bond donors (Lipinski definition) is 1. The van der Waals surface area contributed by atoms with E-state index >= 15 is 0 Å². The number of ketones is 1. The Labute approximate surface area is 169 Å². The molecule has 4 nitrogen and oxygen atoms in total. The fourth-order valence-electron chi connectivity index (χ4n) is 2.38. The first-order chi connectivity index (χ1) is 13.4. The number of carboxylic acid groups (broad SMARTS) is 1. The van der Waals surface area contributed by atoms with Gasteiger partial charge >= 0.3 is 5.97 Å². The van der Waals surface area contributed by atoms with Gasteiger partial charge in [-0.25, -0.2) is 4.39 Å². The zero-order chi connectivity index (χ0) is 20.1. The highest BCUT2D eigenvalue weighted by molar-refractivity contribution is 8.00. The first-order valence-corrected chi connectivity index (χ1v) is 9.51. The minimum Gasteiger partial charge on any atom is -0.481 e. The molecule has 0 spiro atoms. The molecule has 142 valence electrons. The molecule has 1 aromatic heterocycles. The highest BCUT2D eigenvalue weighted by Crippen LogP contribution is 2.25. The number of hydrogen-bond acceptors (Lipinski definition) is 4. The Morgan fingerprint density at radius 3 is 2.54 bits per heavy atom. The molecule has 0 atom stereocenters. The third-order valence-electron chi connectivity index (χ3n) is 3.72. The first kappa shape index (κ1) is 19.9. The van der Waals surface area contributed by atoms with Crippen molar-refractivity contribution in [3.05, 3.63) is 82.8 Å². The molecule has 0 saturated heterocycles. The van der Waals surface area contributed by atoms with Crippen molar-refractivity contribution in [3.8, 4) is 11.3 Å². The number of allylic oxidation sites excluding steroid dienone is 1. The van der Waals surface area contributed by atoms with E-state index in [1.54, 1.807) is 24.3 Å². The van der Waals surface area contributed by atoms with Gasteiger partial charge in [0.2, 0.25) is 0 Å². The highest BCUT2D eigenvalue weighted by Gasteiger charge is 2.10. The van der Waals surface area contributed by atoms with Gasteiger partial charge in [-0.3, -0.25) is 9.59 Å². The fraction of sp³-hybridized carbons (Fsp3) is 0.0476. The lowest BCUT2D eigenvalue weighted by Gasteiger charge is -2.02. The maximum absolute atomic E-state index is 14.0. The predicted octanol–water partition coefficient (Wildman–Crippen LogP) is 5.81. The number of carbonyl (C=O) groups excluding carboxylic acids is 1. The lowest BCUT2D eigenvalue weighted by Crippen LogP contribution is -1.99. The minimum atomic E-state index is -1.04. The van der Waals surface area contributed by atoms with Crippen LogP contribution in [0.2, 0.25) is 5.02 Å². The average Bonchev–Trinajstić information content (AvgIpc) is 3.14. The molecule has 3 aromatic rings. The summed E-state index contributed by atoms with van der Waals surface area (Å²) in [5, 5.41) is 9.28. The molecule has 0 bridgehead atoms. The Bertz CT molecular complexity index is 1040. The van der Waals surface area contributed by atoms with Crippen molar-refractivity contribution in [3.63, 3.8) is 0 Å². The highest BCUT2D eigenvalue weighted by atomic mass is 35.5. The fourth-order valence-corrected chi connectivity index (χ4v) is 3.14. The van der Waals surface area contributed by atoms with Crippen molar-refractivity contribution in [2.24, 2.45) is 0 Å². The topological polar surface area (TPSA) is 67.5 Å². The van der Waals surface area contributed by atoms with Crippen LogP contribution in [0.5, 0.6) is 0 Å². The molecular weight excluding hydrogens is 403 g/mol. The molecule has 3 rings (SSSR count). The van der Waals surface area contributed by atoms with Gasteiger partial charge in [0.15, 0.2) is 5.78 Å². The summed E-state index contributed by atoms with van der Waals surface area (Å²) in [5.74, 6) is -1.20. The Balaban J connectivity index is 1.69. The van der Waals surface area contributed by atoms with E-state index in [1.165, 1.54) is 24.3 Å². The monoisotopic (exact) mass is 416 g/mol. The van der Waals surface area contributed by atoms with Crippen LogP contribution in [0.1, 0.15) is 16.1 Å². The smallest absolute Gasteiger partial charge is 0.313 e. The molecule has 0 amide bonds. The van der Waals surface area contributed by atoms with Crippen molar-refractivity contribution in [1.29, 1.82) is 0 Å². The molecule has 0 aliphatic rings. The van der Waals surface area contributed by atoms with Crippen LogP contribution in [0.3, 0.4) is 0 Å². The van der Waals surface area contributed by atoms with Crippen molar-refractivity contribution in [1.82, 2.24) is 0 Å². The molecule has 0 aliphatic heterocycles. The lowest BCUT2D eigenvalue weighted by molar-refractivity contribution is -0.133. The molecule has 2 aromatic carbocycles. The maximum Gasteiger partial charge on any atom is 0.313 e. The van der Waals surface area contributed by atoms with Gasteiger partial charge in [0, 0.05) is 21.0 Å². The van der Waals surface area contributed by atoms with Crippen molar-refractivity contribution >= 4 is 41.2 Å². The SMILES string of the molecule is O=C(O)CSc1ccc(C(=O)/C=C/c2ccc(-c3ccc(Cl)cc3)o2)cc1F. The van der Waals surface area contributed by atoms with Crippen LogP contribution in [-0.2, 0) is 4.79 Å². The van der Waals surface area contributed by atoms with Crippen molar-refractivity contribution in [2.75, 3.05) is 5.75 Å². The van der Waals surface area contributed by atoms with Gasteiger partial charge in [0.05, 0.1) is 5.75 Å². The summed E-state index contributed by atoms with van der Waals surface area (Å²) in [6.45, 7) is 0. The summed E-state index contributed by atoms with van der Waals surface area (Å²) in [6.07, 6.45) is 2.80. The van der Waals surface area contributed by atoms with Crippen LogP contribution in [0, 0.1) is 5.82 Å². The number of furan rings is 1. The Morgan fingerprint density at radius 2 is 1.86 bits per heavy atom. The van der Waals surface area contributed by atoms with Crippen LogP contribution in [0.4, 0.5) is 4.39 Å². The third-order valence-corrected chi connectivity index (χ3v) is 5.01. The van der Waals surface area contributed by atoms with Crippen molar-refractivity contribution in [2.45, 2.75) is 4.90 Å². The van der Waals surface area contributed by atoms with E-state index in [1.807, 2.05) is 12.1 Å². The van der Waals surface area contributed by atoms with Gasteiger partial charge in [-0.15, -0.1) is 11.8 Å². The van der Waals surface area contributed by atoms with Crippen LogP contribution in [-0.4, -0.2) is 22.6 Å². The van der Waals surface area contributed by atoms with Gasteiger partial charge in [-0.2, -0.15) is 0 Å². The van der Waals surface area contributed by atoms with Crippen molar-refractivity contribution < 1.29 is 23.5 Å². The Hall–Kier alpha value is -2.83. The number of benzene rings is 2. The van der Waals surface area contributed by atoms with E-state index in [9.17, 15) is 14.0 Å². The Kier molecular flexibility index (Phi) is 6.34. The molecule has 0 saturated carbocycles. The van der Waals surface area contributed by atoms with Gasteiger partial charge in [0.25, 0.3) is 0 Å². The molecule has 0 fully saturated rings. The predicted molar refractivity (Wildman–Crippen MR) is 107 cm³/mol. The summed E-state index contributed by atoms with van der Waals surface area (Å²) in [4.78, 5) is 23.0. The third kappa shape index (κ3) is 5.12. The molecule has 0 radical (unpaired) electrons. The standard InChI is InChI=1S/C21H14ClFO4S/c22-15-4-1-13(2-5-15)19-9-7-16(27-19)6-8-18(24)14-3-10-20(17(23)11-14)28-12-21(25)26/h1-11H,12H2,(H,25,26)/b8-6+. The van der Waals surface area contributed by atoms with E-state index in [2.05, 4.69) is 0 Å². The molecule has 1 heterocycles. The number of carboxylic acids is 1. The largest absolute Gasteiger partial charge is 0.481 e. The lowest BCUT2D eigenvalue weighted by atomic mass is 10.1. The van der Waals surface area contributed by atoms with Gasteiger partial charge in [0.1, 0.15) is 17.3 Å². The van der Waals surface area contributed by atoms with Crippen LogP contribution < -0.4 is 0 Å². The van der Waals surface area contributed by atoms with Gasteiger partial charge in [-0.05, 0) is 66.7 Å². The maximum atomic E-state index is 14.0. The number of halogens is 2. The normalized spacial score (nSPS) is 11.1. The molecule has 28 heavy (non-hydrogen) atoms. The van der Waals surface area contributed by atoms with E-state index in [4.69, 9.17) is 21.1 Å². The van der Waals surface area contributed by atoms with E-state index < -0.39 is 17.6 Å². The molecule has 7 heteroatoms. The van der Waals surface area contributed by atoms with Crippen LogP contribution >= 0.6 is 23.4 Å². The van der Waals surface area contributed by atoms with Crippen LogP contribution in [0.15, 0.2) is 70.0 Å². The summed E-state index contributed by atoms with van der Waals surface area (Å²) < 4.78 is 19.7. The minimum absolute atomic E-state index is 0.165. The van der Waals surface area contributed by atoms with E-state index in [-0.39, 0.29) is 16.2 Å². The van der Waals surface area contributed by atoms with E-state index in [0.29, 0.717) is 16.5 Å². The second kappa shape index (κ2) is 8.91. The first-order valence-electron chi connectivity index (χ1n) is 8.15. The second-order valence-corrected chi connectivity index (χ2v) is 7.19. The quantitative estimate of drug-likeness (QED) is 0.299. The number of carbonyl (C=O) groups is 2. The van der Waals surface area contributed by atoms with Crippen LogP contribution in [0.25, 0.3) is 17.4 Å². The molecule has 1 N–H and O–H groups in total. The Morgan fingerprint density at radius 1 is 1.11 bits per heavy atom. The zero-order valence-electron chi connectivity index (χ0n) is 14.4. The summed E-state index contributed by atoms with van der Waals surface area (Å²) in [5.41, 5.74) is 1.02. The summed E-state index contributed by atoms with van der Waals surface area (Å²) in [6, 6.07) is 14.6. The number of rotatable bonds is 7. The number of thioether (sulfide) groups is 1. The molecule has 0 unspecified atom stereocenters. The van der Waals surface area contributed by atoms with Gasteiger partial charge in [-0.1, -0.05) is 11.6 Å². The second-order valence-electron chi connectivity index (χ2n) is 5.73. The number of aliphatic carboxylic acids is 1. The average molecular weight is 417 g/mol. The summed E-state index contributed by atoms with van der Waals surface area (Å²) in [7, 11) is 0. The summed E-state index contributed by atoms with van der Waals surface area (Å²) >= 11 is 6.73.